The third-order valence-electron chi connectivity index (χ3n) is 3.54. The van der Waals surface area contributed by atoms with Gasteiger partial charge in [-0.25, -0.2) is 9.80 Å². The summed E-state index contributed by atoms with van der Waals surface area (Å²) in [7, 11) is 3.07. The second kappa shape index (κ2) is 4.44. The number of hydrogen-bond donors (Lipinski definition) is 0. The lowest BCUT2D eigenvalue weighted by molar-refractivity contribution is 0.702. The molecule has 0 radical (unpaired) electrons. The number of fused-ring (bicyclic) bond motifs is 3. The maximum Gasteiger partial charge on any atom is 0.332 e. The summed E-state index contributed by atoms with van der Waals surface area (Å²) in [4.78, 5) is 28.9. The van der Waals surface area contributed by atoms with Crippen LogP contribution >= 0.6 is 0 Å². The largest absolute Gasteiger partial charge is 0.332 e. The molecule has 0 amide bonds. The second-order valence-electron chi connectivity index (χ2n) is 5.08. The first-order valence-corrected chi connectivity index (χ1v) is 6.54. The monoisotopic (exact) mass is 288 g/mol. The van der Waals surface area contributed by atoms with Gasteiger partial charge in [-0.15, -0.1) is 6.58 Å². The van der Waals surface area contributed by atoms with Crippen molar-refractivity contribution in [3.8, 4) is 0 Å². The zero-order valence-corrected chi connectivity index (χ0v) is 12.2. The van der Waals surface area contributed by atoms with Crippen molar-refractivity contribution in [2.24, 2.45) is 19.2 Å². The Balaban J connectivity index is 2.42. The summed E-state index contributed by atoms with van der Waals surface area (Å²) < 4.78 is 4.27. The van der Waals surface area contributed by atoms with E-state index in [1.165, 1.54) is 11.6 Å². The molecule has 0 N–H and O–H groups in total. The van der Waals surface area contributed by atoms with E-state index in [0.29, 0.717) is 30.2 Å². The first-order chi connectivity index (χ1) is 9.95. The van der Waals surface area contributed by atoms with Gasteiger partial charge in [-0.05, 0) is 6.92 Å². The van der Waals surface area contributed by atoms with Gasteiger partial charge in [0, 0.05) is 14.1 Å². The highest BCUT2D eigenvalue weighted by molar-refractivity contribution is 5.87. The van der Waals surface area contributed by atoms with Crippen molar-refractivity contribution in [2.45, 2.75) is 13.5 Å². The first-order valence-electron chi connectivity index (χ1n) is 6.54. The molecule has 2 aromatic heterocycles. The van der Waals surface area contributed by atoms with Crippen LogP contribution in [0.15, 0.2) is 27.3 Å². The van der Waals surface area contributed by atoms with Gasteiger partial charge in [0.2, 0.25) is 5.95 Å². The molecule has 3 heterocycles. The Morgan fingerprint density at radius 3 is 2.67 bits per heavy atom. The van der Waals surface area contributed by atoms with Crippen LogP contribution in [0.2, 0.25) is 0 Å². The zero-order valence-electron chi connectivity index (χ0n) is 12.2. The van der Waals surface area contributed by atoms with Crippen molar-refractivity contribution in [3.63, 3.8) is 0 Å². The summed E-state index contributed by atoms with van der Waals surface area (Å²) in [6, 6.07) is 0. The minimum absolute atomic E-state index is 0.347. The Bertz CT molecular complexity index is 898. The van der Waals surface area contributed by atoms with Crippen LogP contribution in [0.5, 0.6) is 0 Å². The van der Waals surface area contributed by atoms with Crippen molar-refractivity contribution in [1.29, 1.82) is 0 Å². The average molecular weight is 288 g/mol. The zero-order chi connectivity index (χ0) is 15.3. The molecular weight excluding hydrogens is 272 g/mol. The van der Waals surface area contributed by atoms with Gasteiger partial charge >= 0.3 is 5.69 Å². The van der Waals surface area contributed by atoms with Crippen molar-refractivity contribution < 1.29 is 0 Å². The van der Waals surface area contributed by atoms with Crippen LogP contribution in [0.25, 0.3) is 11.2 Å². The molecule has 3 rings (SSSR count). The molecule has 0 saturated carbocycles. The van der Waals surface area contributed by atoms with Crippen LogP contribution in [0.4, 0.5) is 5.95 Å². The van der Waals surface area contributed by atoms with E-state index in [1.54, 1.807) is 22.7 Å². The molecule has 0 atom stereocenters. The highest BCUT2D eigenvalue weighted by Crippen LogP contribution is 2.23. The van der Waals surface area contributed by atoms with Gasteiger partial charge in [-0.1, -0.05) is 6.08 Å². The summed E-state index contributed by atoms with van der Waals surface area (Å²) in [6.45, 7) is 6.55. The van der Waals surface area contributed by atoms with E-state index in [2.05, 4.69) is 16.7 Å². The van der Waals surface area contributed by atoms with Gasteiger partial charge in [0.05, 0.1) is 18.8 Å². The predicted octanol–water partition coefficient (Wildman–Crippen LogP) is -0.184. The molecule has 0 unspecified atom stereocenters. The van der Waals surface area contributed by atoms with Crippen molar-refractivity contribution in [2.75, 3.05) is 11.6 Å². The van der Waals surface area contributed by atoms with E-state index in [9.17, 15) is 9.59 Å². The van der Waals surface area contributed by atoms with Gasteiger partial charge in [0.15, 0.2) is 11.2 Å². The number of nitrogens with zero attached hydrogens (tertiary/aromatic N) is 6. The molecule has 0 bridgehead atoms. The van der Waals surface area contributed by atoms with E-state index >= 15 is 0 Å². The molecule has 0 saturated heterocycles. The minimum atomic E-state index is -0.393. The van der Waals surface area contributed by atoms with E-state index in [1.807, 2.05) is 6.92 Å². The fourth-order valence-electron chi connectivity index (χ4n) is 2.54. The highest BCUT2D eigenvalue weighted by atomic mass is 16.2. The average Bonchev–Trinajstić information content (AvgIpc) is 2.82. The molecule has 2 aromatic rings. The van der Waals surface area contributed by atoms with E-state index in [4.69, 9.17) is 0 Å². The quantitative estimate of drug-likeness (QED) is 0.718. The molecule has 110 valence electrons. The van der Waals surface area contributed by atoms with Crippen LogP contribution in [-0.4, -0.2) is 30.9 Å². The van der Waals surface area contributed by atoms with Crippen LogP contribution in [0, 0.1) is 0 Å². The molecule has 0 spiro atoms. The second-order valence-corrected chi connectivity index (χ2v) is 5.08. The topological polar surface area (TPSA) is 77.4 Å². The number of aryl methyl sites for hydroxylation is 1. The van der Waals surface area contributed by atoms with Crippen LogP contribution in [0.1, 0.15) is 6.92 Å². The number of hydrogen-bond acceptors (Lipinski definition) is 5. The van der Waals surface area contributed by atoms with Crippen molar-refractivity contribution in [1.82, 2.24) is 18.7 Å². The lowest BCUT2D eigenvalue weighted by Crippen LogP contribution is -2.38. The SMILES string of the molecule is C=CCN1N=C(C)Cn2c1nc1c2c(=O)n(C)c(=O)n1C. The Hall–Kier alpha value is -2.64. The van der Waals surface area contributed by atoms with Gasteiger partial charge < -0.3 is 0 Å². The first kappa shape index (κ1) is 13.3. The summed E-state index contributed by atoms with van der Waals surface area (Å²) in [5, 5.41) is 6.09. The van der Waals surface area contributed by atoms with Gasteiger partial charge in [-0.2, -0.15) is 10.1 Å². The summed E-state index contributed by atoms with van der Waals surface area (Å²) >= 11 is 0. The third-order valence-corrected chi connectivity index (χ3v) is 3.54. The Morgan fingerprint density at radius 1 is 1.29 bits per heavy atom. The van der Waals surface area contributed by atoms with E-state index in [-0.39, 0.29) is 5.56 Å². The molecular formula is C13H16N6O2. The van der Waals surface area contributed by atoms with Gasteiger partial charge in [-0.3, -0.25) is 18.5 Å². The third kappa shape index (κ3) is 1.75. The molecule has 1 aliphatic heterocycles. The highest BCUT2D eigenvalue weighted by Gasteiger charge is 2.25. The number of hydrazone groups is 1. The molecule has 0 aliphatic carbocycles. The Kier molecular flexibility index (Phi) is 2.82. The maximum absolute atomic E-state index is 12.4. The Morgan fingerprint density at radius 2 is 2.00 bits per heavy atom. The normalized spacial score (nSPS) is 14.2. The fraction of sp³-hybridized carbons (Fsp3) is 0.385. The van der Waals surface area contributed by atoms with Crippen LogP contribution in [-0.2, 0) is 20.6 Å². The van der Waals surface area contributed by atoms with Crippen molar-refractivity contribution >= 4 is 22.8 Å². The number of imidazole rings is 1. The van der Waals surface area contributed by atoms with E-state index < -0.39 is 5.69 Å². The number of rotatable bonds is 2. The lowest BCUT2D eigenvalue weighted by atomic mass is 10.4. The fourth-order valence-corrected chi connectivity index (χ4v) is 2.54. The van der Waals surface area contributed by atoms with Crippen LogP contribution in [0.3, 0.4) is 0 Å². The summed E-state index contributed by atoms with van der Waals surface area (Å²) in [5.74, 6) is 0.550. The Labute approximate surface area is 120 Å². The molecule has 1 aliphatic rings. The summed E-state index contributed by atoms with van der Waals surface area (Å²) in [5.41, 5.74) is 0.908. The molecule has 0 fully saturated rings. The lowest BCUT2D eigenvalue weighted by Gasteiger charge is -2.23. The maximum atomic E-state index is 12.4. The smallest absolute Gasteiger partial charge is 0.297 e. The standard InChI is InChI=1S/C13H16N6O2/c1-5-6-19-12-14-10-9(18(12)7-8(2)15-19)11(20)17(4)13(21)16(10)3/h5H,1,6-7H2,2-4H3. The van der Waals surface area contributed by atoms with Gasteiger partial charge in [0.1, 0.15) is 0 Å². The molecule has 0 aromatic carbocycles. The van der Waals surface area contributed by atoms with Crippen molar-refractivity contribution in [3.05, 3.63) is 33.5 Å². The minimum Gasteiger partial charge on any atom is -0.297 e. The van der Waals surface area contributed by atoms with Gasteiger partial charge in [0.25, 0.3) is 5.56 Å². The molecule has 8 nitrogen and oxygen atoms in total. The van der Waals surface area contributed by atoms with Crippen LogP contribution < -0.4 is 16.3 Å². The van der Waals surface area contributed by atoms with E-state index in [0.717, 1.165) is 10.3 Å². The predicted molar refractivity (Wildman–Crippen MR) is 80.9 cm³/mol. The number of aromatic nitrogens is 4. The summed E-state index contributed by atoms with van der Waals surface area (Å²) in [6.07, 6.45) is 1.71. The number of anilines is 1. The molecule has 21 heavy (non-hydrogen) atoms. The molecule has 8 heteroatoms.